The minimum Gasteiger partial charge on any atom is -0.462 e. The lowest BCUT2D eigenvalue weighted by Gasteiger charge is -2.25. The van der Waals surface area contributed by atoms with Crippen molar-refractivity contribution in [1.29, 1.82) is 5.26 Å². The molecule has 30 heavy (non-hydrogen) atoms. The van der Waals surface area contributed by atoms with Gasteiger partial charge in [0.1, 0.15) is 0 Å². The summed E-state index contributed by atoms with van der Waals surface area (Å²) in [5.74, 6) is 2.23. The monoisotopic (exact) mass is 399 g/mol. The predicted molar refractivity (Wildman–Crippen MR) is 115 cm³/mol. The number of nitriles is 1. The lowest BCUT2D eigenvalue weighted by atomic mass is 9.83. The quantitative estimate of drug-likeness (QED) is 0.376. The molecule has 0 heterocycles. The van der Waals surface area contributed by atoms with Crippen LogP contribution in [0.15, 0.2) is 54.6 Å². The van der Waals surface area contributed by atoms with E-state index in [4.69, 9.17) is 10.00 Å². The summed E-state index contributed by atoms with van der Waals surface area (Å²) in [5.41, 5.74) is 2.26. The Balaban J connectivity index is 1.35. The molecule has 4 atom stereocenters. The van der Waals surface area contributed by atoms with Gasteiger partial charge < -0.3 is 4.74 Å². The Hall–Kier alpha value is -3.19. The van der Waals surface area contributed by atoms with Crippen LogP contribution in [0, 0.1) is 35.0 Å². The number of carbonyl (C=O) groups excluding carboxylic acids is 2. The van der Waals surface area contributed by atoms with Crippen molar-refractivity contribution in [3.8, 4) is 6.07 Å². The Kier molecular flexibility index (Phi) is 5.81. The third-order valence-electron chi connectivity index (χ3n) is 6.64. The lowest BCUT2D eigenvalue weighted by Crippen LogP contribution is -2.22. The van der Waals surface area contributed by atoms with Gasteiger partial charge in [0, 0.05) is 5.56 Å². The first-order chi connectivity index (χ1) is 14.5. The lowest BCUT2D eigenvalue weighted by molar-refractivity contribution is 0.0381. The second kappa shape index (κ2) is 8.67. The Bertz CT molecular complexity index is 1010. The van der Waals surface area contributed by atoms with Crippen LogP contribution in [0.2, 0.25) is 0 Å². The SMILES string of the molecule is CC1CC2CC1CC2COC(=O)c1cccc(C(=O)/C=C/c2ccc(C#N)cc2)c1. The molecule has 0 aliphatic heterocycles. The fourth-order valence-corrected chi connectivity index (χ4v) is 4.89. The Morgan fingerprint density at radius 2 is 1.83 bits per heavy atom. The van der Waals surface area contributed by atoms with Crippen LogP contribution in [0.1, 0.15) is 58.0 Å². The minimum atomic E-state index is -0.364. The van der Waals surface area contributed by atoms with E-state index in [1.807, 2.05) is 0 Å². The normalized spacial score (nSPS) is 24.7. The van der Waals surface area contributed by atoms with Crippen LogP contribution < -0.4 is 0 Å². The maximum absolute atomic E-state index is 12.5. The summed E-state index contributed by atoms with van der Waals surface area (Å²) in [6.45, 7) is 2.80. The Morgan fingerprint density at radius 1 is 1.07 bits per heavy atom. The van der Waals surface area contributed by atoms with E-state index in [1.165, 1.54) is 18.9 Å². The number of ether oxygens (including phenoxy) is 1. The summed E-state index contributed by atoms with van der Waals surface area (Å²) in [6.07, 6.45) is 6.87. The van der Waals surface area contributed by atoms with Crippen molar-refractivity contribution in [3.63, 3.8) is 0 Å². The average Bonchev–Trinajstić information content (AvgIpc) is 3.35. The van der Waals surface area contributed by atoms with Gasteiger partial charge in [-0.25, -0.2) is 4.79 Å². The zero-order chi connectivity index (χ0) is 21.1. The number of hydrogen-bond acceptors (Lipinski definition) is 4. The molecular formula is C26H25NO3. The van der Waals surface area contributed by atoms with Crippen LogP contribution >= 0.6 is 0 Å². The average molecular weight is 399 g/mol. The number of rotatable bonds is 6. The van der Waals surface area contributed by atoms with Gasteiger partial charge in [-0.15, -0.1) is 0 Å². The number of allylic oxidation sites excluding steroid dienone is 1. The van der Waals surface area contributed by atoms with E-state index >= 15 is 0 Å². The molecule has 0 N–H and O–H groups in total. The van der Waals surface area contributed by atoms with Crippen LogP contribution in [0.5, 0.6) is 0 Å². The van der Waals surface area contributed by atoms with Gasteiger partial charge in [0.2, 0.25) is 0 Å². The highest BCUT2D eigenvalue weighted by Gasteiger charge is 2.44. The number of benzene rings is 2. The van der Waals surface area contributed by atoms with Crippen LogP contribution in [-0.4, -0.2) is 18.4 Å². The summed E-state index contributed by atoms with van der Waals surface area (Å²) in [7, 11) is 0. The van der Waals surface area contributed by atoms with Crippen molar-refractivity contribution < 1.29 is 14.3 Å². The highest BCUT2D eigenvalue weighted by molar-refractivity contribution is 6.08. The third-order valence-corrected chi connectivity index (χ3v) is 6.64. The maximum Gasteiger partial charge on any atom is 0.338 e. The largest absolute Gasteiger partial charge is 0.462 e. The molecule has 4 unspecified atom stereocenters. The van der Waals surface area contributed by atoms with Crippen molar-refractivity contribution in [3.05, 3.63) is 76.9 Å². The molecule has 2 saturated carbocycles. The number of ketones is 1. The summed E-state index contributed by atoms with van der Waals surface area (Å²) in [4.78, 5) is 25.0. The highest BCUT2D eigenvalue weighted by Crippen LogP contribution is 2.51. The Labute approximate surface area is 177 Å². The first-order valence-electron chi connectivity index (χ1n) is 10.5. The standard InChI is InChI=1S/C26H25NO3/c1-17-11-23-13-22(17)14-24(23)16-30-26(29)21-4-2-3-20(12-21)25(28)10-9-18-5-7-19(15-27)8-6-18/h2-10,12,17,22-24H,11,13-14,16H2,1H3/b10-9+. The number of hydrogen-bond donors (Lipinski definition) is 0. The molecule has 152 valence electrons. The van der Waals surface area contributed by atoms with Gasteiger partial charge >= 0.3 is 5.97 Å². The second-order valence-electron chi connectivity index (χ2n) is 8.58. The van der Waals surface area contributed by atoms with E-state index in [1.54, 1.807) is 54.6 Å². The van der Waals surface area contributed by atoms with Gasteiger partial charge in [-0.3, -0.25) is 4.79 Å². The van der Waals surface area contributed by atoms with Crippen LogP contribution in [-0.2, 0) is 4.74 Å². The molecule has 0 amide bonds. The summed E-state index contributed by atoms with van der Waals surface area (Å²) >= 11 is 0. The molecule has 2 bridgehead atoms. The van der Waals surface area contributed by atoms with Crippen LogP contribution in [0.25, 0.3) is 6.08 Å². The smallest absolute Gasteiger partial charge is 0.338 e. The number of fused-ring (bicyclic) bond motifs is 2. The van der Waals surface area contributed by atoms with Gasteiger partial charge in [0.25, 0.3) is 0 Å². The van der Waals surface area contributed by atoms with E-state index in [0.717, 1.165) is 23.8 Å². The number of esters is 1. The molecular weight excluding hydrogens is 374 g/mol. The topological polar surface area (TPSA) is 67.2 Å². The number of nitrogens with zero attached hydrogens (tertiary/aromatic N) is 1. The fourth-order valence-electron chi connectivity index (χ4n) is 4.89. The first-order valence-corrected chi connectivity index (χ1v) is 10.5. The molecule has 2 aliphatic carbocycles. The van der Waals surface area contributed by atoms with Gasteiger partial charge in [0.15, 0.2) is 5.78 Å². The maximum atomic E-state index is 12.5. The van der Waals surface area contributed by atoms with Gasteiger partial charge in [-0.05, 0) is 78.8 Å². The second-order valence-corrected chi connectivity index (χ2v) is 8.58. The molecule has 2 fully saturated rings. The van der Waals surface area contributed by atoms with Crippen molar-refractivity contribution in [2.24, 2.45) is 23.7 Å². The van der Waals surface area contributed by atoms with E-state index in [-0.39, 0.29) is 11.8 Å². The van der Waals surface area contributed by atoms with Crippen molar-refractivity contribution >= 4 is 17.8 Å². The molecule has 4 rings (SSSR count). The molecule has 2 aromatic carbocycles. The third kappa shape index (κ3) is 4.36. The fraction of sp³-hybridized carbons (Fsp3) is 0.346. The van der Waals surface area contributed by atoms with E-state index in [0.29, 0.717) is 35.1 Å². The molecule has 2 aromatic rings. The van der Waals surface area contributed by atoms with E-state index in [9.17, 15) is 9.59 Å². The summed E-state index contributed by atoms with van der Waals surface area (Å²) in [5, 5.41) is 8.84. The Morgan fingerprint density at radius 3 is 2.50 bits per heavy atom. The molecule has 2 aliphatic rings. The van der Waals surface area contributed by atoms with Crippen molar-refractivity contribution in [2.75, 3.05) is 6.61 Å². The molecule has 0 saturated heterocycles. The highest BCUT2D eigenvalue weighted by atomic mass is 16.5. The molecule has 0 radical (unpaired) electrons. The van der Waals surface area contributed by atoms with Gasteiger partial charge in [-0.2, -0.15) is 5.26 Å². The summed E-state index contributed by atoms with van der Waals surface area (Å²) < 4.78 is 5.59. The predicted octanol–water partition coefficient (Wildman–Crippen LogP) is 5.29. The zero-order valence-corrected chi connectivity index (χ0v) is 17.1. The van der Waals surface area contributed by atoms with E-state index in [2.05, 4.69) is 13.0 Å². The van der Waals surface area contributed by atoms with Crippen LogP contribution in [0.3, 0.4) is 0 Å². The molecule has 0 spiro atoms. The number of carbonyl (C=O) groups is 2. The molecule has 4 heteroatoms. The van der Waals surface area contributed by atoms with Gasteiger partial charge in [0.05, 0.1) is 23.8 Å². The van der Waals surface area contributed by atoms with Gasteiger partial charge in [-0.1, -0.05) is 37.3 Å². The zero-order valence-electron chi connectivity index (χ0n) is 17.1. The summed E-state index contributed by atoms with van der Waals surface area (Å²) in [6, 6.07) is 15.7. The molecule has 0 aromatic heterocycles. The van der Waals surface area contributed by atoms with Crippen molar-refractivity contribution in [2.45, 2.75) is 26.2 Å². The van der Waals surface area contributed by atoms with Crippen molar-refractivity contribution in [1.82, 2.24) is 0 Å². The van der Waals surface area contributed by atoms with Crippen LogP contribution in [0.4, 0.5) is 0 Å². The first kappa shape index (κ1) is 20.1. The minimum absolute atomic E-state index is 0.184. The van der Waals surface area contributed by atoms with E-state index < -0.39 is 0 Å². The molecule has 4 nitrogen and oxygen atoms in total.